The normalized spacial score (nSPS) is 23.1. The predicted octanol–water partition coefficient (Wildman–Crippen LogP) is 3.06. The fraction of sp³-hybridized carbons (Fsp3) is 0.538. The molecule has 0 unspecified atom stereocenters. The van der Waals surface area contributed by atoms with Crippen molar-refractivity contribution in [2.24, 2.45) is 5.92 Å². The number of hydrogen-bond donors (Lipinski definition) is 2. The van der Waals surface area contributed by atoms with Crippen LogP contribution in [0.2, 0.25) is 0 Å². The van der Waals surface area contributed by atoms with Gasteiger partial charge in [-0.15, -0.1) is 11.3 Å². The first-order valence-electron chi connectivity index (χ1n) is 6.14. The Morgan fingerprint density at radius 1 is 1.22 bits per heavy atom. The van der Waals surface area contributed by atoms with Gasteiger partial charge in [0.05, 0.1) is 5.69 Å². The van der Waals surface area contributed by atoms with E-state index >= 15 is 0 Å². The average molecular weight is 260 g/mol. The Morgan fingerprint density at radius 3 is 2.44 bits per heavy atom. The van der Waals surface area contributed by atoms with Gasteiger partial charge in [-0.25, -0.2) is 0 Å². The van der Waals surface area contributed by atoms with Crippen molar-refractivity contribution in [3.63, 3.8) is 0 Å². The Kier molecular flexibility index (Phi) is 3.74. The Hall–Kier alpha value is -1.72. The summed E-state index contributed by atoms with van der Waals surface area (Å²) >= 11 is 1.29. The van der Waals surface area contributed by atoms with Crippen LogP contribution in [0, 0.1) is 28.6 Å². The first-order chi connectivity index (χ1) is 8.65. The van der Waals surface area contributed by atoms with Crippen LogP contribution in [-0.2, 0) is 0 Å². The fourth-order valence-electron chi connectivity index (χ4n) is 2.33. The Morgan fingerprint density at radius 2 is 1.89 bits per heavy atom. The third-order valence-corrected chi connectivity index (χ3v) is 4.55. The smallest absolute Gasteiger partial charge is 0.131 e. The average Bonchev–Trinajstić information content (AvgIpc) is 2.68. The lowest BCUT2D eigenvalue weighted by Gasteiger charge is -2.27. The van der Waals surface area contributed by atoms with Crippen molar-refractivity contribution in [3.8, 4) is 12.1 Å². The van der Waals surface area contributed by atoms with E-state index in [0.717, 1.165) is 23.8 Å². The van der Waals surface area contributed by atoms with E-state index in [1.165, 1.54) is 24.2 Å². The quantitative estimate of drug-likeness (QED) is 0.855. The summed E-state index contributed by atoms with van der Waals surface area (Å²) in [5.41, 5.74) is 6.52. The maximum atomic E-state index is 9.11. The molecule has 1 fully saturated rings. The molecule has 0 spiro atoms. The topological polar surface area (TPSA) is 85.6 Å². The molecule has 0 atom stereocenters. The molecular weight excluding hydrogens is 244 g/mol. The molecule has 0 amide bonds. The van der Waals surface area contributed by atoms with Crippen LogP contribution in [0.3, 0.4) is 0 Å². The molecule has 1 saturated carbocycles. The van der Waals surface area contributed by atoms with E-state index < -0.39 is 0 Å². The van der Waals surface area contributed by atoms with Gasteiger partial charge in [0.1, 0.15) is 27.6 Å². The van der Waals surface area contributed by atoms with Gasteiger partial charge >= 0.3 is 0 Å². The van der Waals surface area contributed by atoms with Crippen LogP contribution < -0.4 is 11.1 Å². The second kappa shape index (κ2) is 5.29. The predicted molar refractivity (Wildman–Crippen MR) is 73.2 cm³/mol. The van der Waals surface area contributed by atoms with Crippen LogP contribution in [0.15, 0.2) is 0 Å². The Balaban J connectivity index is 2.15. The molecule has 4 nitrogen and oxygen atoms in total. The molecular formula is C13H16N4S. The number of anilines is 2. The molecule has 3 N–H and O–H groups in total. The summed E-state index contributed by atoms with van der Waals surface area (Å²) in [6, 6.07) is 4.53. The van der Waals surface area contributed by atoms with E-state index in [0.29, 0.717) is 22.2 Å². The third-order valence-electron chi connectivity index (χ3n) is 3.51. The molecule has 1 aromatic heterocycles. The van der Waals surface area contributed by atoms with Crippen molar-refractivity contribution in [1.29, 1.82) is 10.5 Å². The van der Waals surface area contributed by atoms with E-state index in [9.17, 15) is 0 Å². The second-order valence-corrected chi connectivity index (χ2v) is 5.89. The van der Waals surface area contributed by atoms with Crippen molar-refractivity contribution >= 4 is 22.0 Å². The van der Waals surface area contributed by atoms with Crippen LogP contribution >= 0.6 is 11.3 Å². The maximum absolute atomic E-state index is 9.11. The van der Waals surface area contributed by atoms with Gasteiger partial charge in [-0.05, 0) is 31.6 Å². The number of nitrogens with zero attached hydrogens (tertiary/aromatic N) is 2. The van der Waals surface area contributed by atoms with Crippen molar-refractivity contribution in [2.45, 2.75) is 38.6 Å². The molecule has 1 aliphatic rings. The molecule has 0 bridgehead atoms. The lowest BCUT2D eigenvalue weighted by Crippen LogP contribution is -2.25. The molecule has 1 heterocycles. The molecule has 0 aliphatic heterocycles. The molecule has 0 radical (unpaired) electrons. The van der Waals surface area contributed by atoms with Crippen molar-refractivity contribution in [3.05, 3.63) is 10.4 Å². The first kappa shape index (κ1) is 12.7. The molecule has 2 rings (SSSR count). The monoisotopic (exact) mass is 260 g/mol. The molecule has 0 saturated heterocycles. The van der Waals surface area contributed by atoms with Gasteiger partial charge in [-0.3, -0.25) is 0 Å². The SMILES string of the molecule is CC1CCC(Nc2sc(C#N)c(N)c2C#N)CC1. The van der Waals surface area contributed by atoms with Crippen molar-refractivity contribution in [1.82, 2.24) is 0 Å². The van der Waals surface area contributed by atoms with Gasteiger partial charge in [0.25, 0.3) is 0 Å². The maximum Gasteiger partial charge on any atom is 0.131 e. The summed E-state index contributed by atoms with van der Waals surface area (Å²) < 4.78 is 0. The number of nitrogens with one attached hydrogen (secondary N) is 1. The number of hydrogen-bond acceptors (Lipinski definition) is 5. The summed E-state index contributed by atoms with van der Waals surface area (Å²) in [6.45, 7) is 2.27. The molecule has 0 aromatic carbocycles. The van der Waals surface area contributed by atoms with Crippen LogP contribution in [-0.4, -0.2) is 6.04 Å². The van der Waals surface area contributed by atoms with Crippen LogP contribution in [0.25, 0.3) is 0 Å². The standard InChI is InChI=1S/C13H16N4S/c1-8-2-4-9(5-3-8)17-13-10(6-14)12(16)11(7-15)18-13/h8-9,17H,2-5,16H2,1H3. The zero-order valence-corrected chi connectivity index (χ0v) is 11.2. The van der Waals surface area contributed by atoms with Gasteiger partial charge in [-0.2, -0.15) is 10.5 Å². The molecule has 1 aliphatic carbocycles. The highest BCUT2D eigenvalue weighted by Gasteiger charge is 2.22. The highest BCUT2D eigenvalue weighted by Crippen LogP contribution is 2.36. The first-order valence-corrected chi connectivity index (χ1v) is 6.96. The molecule has 5 heteroatoms. The molecule has 1 aromatic rings. The van der Waals surface area contributed by atoms with Crippen molar-refractivity contribution in [2.75, 3.05) is 11.1 Å². The van der Waals surface area contributed by atoms with E-state index in [1.807, 2.05) is 6.07 Å². The Labute approximate surface area is 111 Å². The summed E-state index contributed by atoms with van der Waals surface area (Å²) in [7, 11) is 0. The highest BCUT2D eigenvalue weighted by molar-refractivity contribution is 7.17. The summed E-state index contributed by atoms with van der Waals surface area (Å²) in [4.78, 5) is 0.429. The second-order valence-electron chi connectivity index (χ2n) is 4.87. The lowest BCUT2D eigenvalue weighted by molar-refractivity contribution is 0.361. The van der Waals surface area contributed by atoms with Gasteiger partial charge < -0.3 is 11.1 Å². The summed E-state index contributed by atoms with van der Waals surface area (Å²) in [5, 5.41) is 22.2. The largest absolute Gasteiger partial charge is 0.396 e. The van der Waals surface area contributed by atoms with Crippen LogP contribution in [0.5, 0.6) is 0 Å². The minimum Gasteiger partial charge on any atom is -0.396 e. The van der Waals surface area contributed by atoms with E-state index in [2.05, 4.69) is 18.3 Å². The van der Waals surface area contributed by atoms with Gasteiger partial charge in [0.2, 0.25) is 0 Å². The van der Waals surface area contributed by atoms with Crippen molar-refractivity contribution < 1.29 is 0 Å². The zero-order chi connectivity index (χ0) is 13.1. The molecule has 94 valence electrons. The molecule has 18 heavy (non-hydrogen) atoms. The minimum atomic E-state index is 0.316. The van der Waals surface area contributed by atoms with E-state index in [4.69, 9.17) is 16.3 Å². The summed E-state index contributed by atoms with van der Waals surface area (Å²) in [6.07, 6.45) is 4.66. The summed E-state index contributed by atoms with van der Waals surface area (Å²) in [5.74, 6) is 0.793. The van der Waals surface area contributed by atoms with Gasteiger partial charge in [0, 0.05) is 6.04 Å². The van der Waals surface area contributed by atoms with E-state index in [1.54, 1.807) is 0 Å². The number of nitriles is 2. The zero-order valence-electron chi connectivity index (χ0n) is 10.4. The number of nitrogen functional groups attached to an aromatic ring is 1. The Bertz CT molecular complexity index is 512. The van der Waals surface area contributed by atoms with Crippen LogP contribution in [0.4, 0.5) is 10.7 Å². The number of nitrogens with two attached hydrogens (primary N) is 1. The number of rotatable bonds is 2. The van der Waals surface area contributed by atoms with E-state index in [-0.39, 0.29) is 0 Å². The highest BCUT2D eigenvalue weighted by atomic mass is 32.1. The minimum absolute atomic E-state index is 0.316. The number of thiophene rings is 1. The lowest BCUT2D eigenvalue weighted by atomic mass is 9.87. The fourth-order valence-corrected chi connectivity index (χ4v) is 3.27. The van der Waals surface area contributed by atoms with Gasteiger partial charge in [-0.1, -0.05) is 6.92 Å². The van der Waals surface area contributed by atoms with Gasteiger partial charge in [0.15, 0.2) is 0 Å². The van der Waals surface area contributed by atoms with Crippen LogP contribution in [0.1, 0.15) is 43.0 Å². The third kappa shape index (κ3) is 2.42.